The van der Waals surface area contributed by atoms with Gasteiger partial charge in [0.2, 0.25) is 0 Å². The number of carbonyl (C=O) groups excluding carboxylic acids is 1. The summed E-state index contributed by atoms with van der Waals surface area (Å²) in [6.07, 6.45) is 3.64. The van der Waals surface area contributed by atoms with Crippen molar-refractivity contribution in [1.29, 1.82) is 0 Å². The molecule has 1 aliphatic heterocycles. The number of piperidine rings is 1. The molecule has 0 saturated carbocycles. The van der Waals surface area contributed by atoms with E-state index in [-0.39, 0.29) is 5.78 Å². The molecule has 1 aromatic carbocycles. The number of para-hydroxylation sites is 1. The maximum absolute atomic E-state index is 12.6. The molecular formula is C17H25NO2. The van der Waals surface area contributed by atoms with Gasteiger partial charge in [0.25, 0.3) is 0 Å². The molecule has 2 rings (SSSR count). The van der Waals surface area contributed by atoms with Gasteiger partial charge in [-0.3, -0.25) is 9.69 Å². The quantitative estimate of drug-likeness (QED) is 0.770. The first-order valence-corrected chi connectivity index (χ1v) is 7.64. The third kappa shape index (κ3) is 3.40. The molecule has 0 N–H and O–H groups in total. The lowest BCUT2D eigenvalue weighted by Crippen LogP contribution is -2.46. The second-order valence-electron chi connectivity index (χ2n) is 5.65. The number of carbonyl (C=O) groups is 1. The molecule has 2 atom stereocenters. The van der Waals surface area contributed by atoms with Crippen LogP contribution in [-0.2, 0) is 0 Å². The fourth-order valence-electron chi connectivity index (χ4n) is 3.02. The van der Waals surface area contributed by atoms with Gasteiger partial charge in [-0.05, 0) is 45.7 Å². The van der Waals surface area contributed by atoms with Crippen molar-refractivity contribution in [3.8, 4) is 5.75 Å². The van der Waals surface area contributed by atoms with Crippen molar-refractivity contribution in [3.63, 3.8) is 0 Å². The Morgan fingerprint density at radius 1 is 1.25 bits per heavy atom. The van der Waals surface area contributed by atoms with Gasteiger partial charge in [0.15, 0.2) is 5.78 Å². The average Bonchev–Trinajstić information content (AvgIpc) is 2.44. The van der Waals surface area contributed by atoms with Crippen LogP contribution in [0.3, 0.4) is 0 Å². The molecule has 110 valence electrons. The Kier molecular flexibility index (Phi) is 5.18. The van der Waals surface area contributed by atoms with Crippen LogP contribution in [0.25, 0.3) is 0 Å². The Hall–Kier alpha value is -1.35. The van der Waals surface area contributed by atoms with E-state index in [4.69, 9.17) is 4.74 Å². The van der Waals surface area contributed by atoms with Crippen LogP contribution in [0.1, 0.15) is 50.4 Å². The number of hydrogen-bond donors (Lipinski definition) is 0. The van der Waals surface area contributed by atoms with Gasteiger partial charge in [-0.15, -0.1) is 0 Å². The molecule has 1 aliphatic rings. The van der Waals surface area contributed by atoms with Crippen LogP contribution in [0.15, 0.2) is 24.3 Å². The lowest BCUT2D eigenvalue weighted by molar-refractivity contribution is 0.0731. The summed E-state index contributed by atoms with van der Waals surface area (Å²) in [5.41, 5.74) is 0.708. The van der Waals surface area contributed by atoms with E-state index in [1.807, 2.05) is 31.2 Å². The maximum atomic E-state index is 12.6. The highest BCUT2D eigenvalue weighted by atomic mass is 16.5. The topological polar surface area (TPSA) is 29.5 Å². The Morgan fingerprint density at radius 2 is 1.90 bits per heavy atom. The first-order chi connectivity index (χ1) is 9.63. The largest absolute Gasteiger partial charge is 0.493 e. The molecule has 1 fully saturated rings. The molecule has 0 spiro atoms. The van der Waals surface area contributed by atoms with Gasteiger partial charge >= 0.3 is 0 Å². The number of nitrogens with zero attached hydrogens (tertiary/aromatic N) is 1. The fourth-order valence-corrected chi connectivity index (χ4v) is 3.02. The summed E-state index contributed by atoms with van der Waals surface area (Å²) in [5, 5.41) is 0. The zero-order chi connectivity index (χ0) is 14.5. The normalized spacial score (nSPS) is 23.6. The highest BCUT2D eigenvalue weighted by molar-refractivity contribution is 6.00. The van der Waals surface area contributed by atoms with Crippen LogP contribution in [0.4, 0.5) is 0 Å². The lowest BCUT2D eigenvalue weighted by Gasteiger charge is -2.38. The van der Waals surface area contributed by atoms with Crippen molar-refractivity contribution in [2.45, 2.75) is 52.1 Å². The summed E-state index contributed by atoms with van der Waals surface area (Å²) < 4.78 is 5.56. The van der Waals surface area contributed by atoms with E-state index in [9.17, 15) is 4.79 Å². The van der Waals surface area contributed by atoms with Crippen molar-refractivity contribution >= 4 is 5.78 Å². The van der Waals surface area contributed by atoms with Crippen LogP contribution in [0, 0.1) is 0 Å². The van der Waals surface area contributed by atoms with Crippen molar-refractivity contribution in [2.75, 3.05) is 13.2 Å². The minimum absolute atomic E-state index is 0.162. The molecule has 1 saturated heterocycles. The molecule has 0 aliphatic carbocycles. The van der Waals surface area contributed by atoms with Crippen LogP contribution >= 0.6 is 0 Å². The smallest absolute Gasteiger partial charge is 0.180 e. The predicted molar refractivity (Wildman–Crippen MR) is 81.4 cm³/mol. The van der Waals surface area contributed by atoms with Gasteiger partial charge in [-0.1, -0.05) is 18.6 Å². The summed E-state index contributed by atoms with van der Waals surface area (Å²) in [6, 6.07) is 8.53. The molecule has 20 heavy (non-hydrogen) atoms. The molecule has 1 heterocycles. The first-order valence-electron chi connectivity index (χ1n) is 7.64. The van der Waals surface area contributed by atoms with Gasteiger partial charge in [0.1, 0.15) is 5.75 Å². The van der Waals surface area contributed by atoms with Crippen LogP contribution in [0.5, 0.6) is 5.75 Å². The third-order valence-corrected chi connectivity index (χ3v) is 4.19. The lowest BCUT2D eigenvalue weighted by atomic mass is 9.96. The fraction of sp³-hybridized carbons (Fsp3) is 0.588. The molecule has 0 radical (unpaired) electrons. The number of likely N-dealkylation sites (tertiary alicyclic amines) is 1. The Balaban J connectivity index is 2.11. The predicted octanol–water partition coefficient (Wildman–Crippen LogP) is 3.53. The van der Waals surface area contributed by atoms with E-state index >= 15 is 0 Å². The highest BCUT2D eigenvalue weighted by Crippen LogP contribution is 2.24. The van der Waals surface area contributed by atoms with Crippen molar-refractivity contribution < 1.29 is 9.53 Å². The number of benzene rings is 1. The third-order valence-electron chi connectivity index (χ3n) is 4.19. The number of rotatable bonds is 5. The molecule has 0 amide bonds. The second kappa shape index (κ2) is 6.89. The van der Waals surface area contributed by atoms with Gasteiger partial charge in [-0.25, -0.2) is 0 Å². The first kappa shape index (κ1) is 15.0. The molecule has 0 bridgehead atoms. The van der Waals surface area contributed by atoms with E-state index in [1.165, 1.54) is 19.3 Å². The van der Waals surface area contributed by atoms with E-state index in [0.29, 0.717) is 36.5 Å². The Bertz CT molecular complexity index is 448. The maximum Gasteiger partial charge on any atom is 0.180 e. The van der Waals surface area contributed by atoms with Gasteiger partial charge in [0.05, 0.1) is 18.7 Å². The van der Waals surface area contributed by atoms with Crippen molar-refractivity contribution in [2.24, 2.45) is 0 Å². The molecule has 1 aromatic rings. The second-order valence-corrected chi connectivity index (χ2v) is 5.65. The highest BCUT2D eigenvalue weighted by Gasteiger charge is 2.27. The van der Waals surface area contributed by atoms with E-state index < -0.39 is 0 Å². The van der Waals surface area contributed by atoms with Crippen molar-refractivity contribution in [1.82, 2.24) is 4.90 Å². The van der Waals surface area contributed by atoms with Gasteiger partial charge in [0, 0.05) is 12.1 Å². The van der Waals surface area contributed by atoms with Crippen molar-refractivity contribution in [3.05, 3.63) is 29.8 Å². The summed E-state index contributed by atoms with van der Waals surface area (Å²) in [4.78, 5) is 14.9. The van der Waals surface area contributed by atoms with Crippen LogP contribution in [-0.4, -0.2) is 35.9 Å². The summed E-state index contributed by atoms with van der Waals surface area (Å²) in [7, 11) is 0. The van der Waals surface area contributed by atoms with E-state index in [1.54, 1.807) is 0 Å². The van der Waals surface area contributed by atoms with E-state index in [0.717, 1.165) is 0 Å². The minimum Gasteiger partial charge on any atom is -0.493 e. The SMILES string of the molecule is CCOc1ccccc1C(=O)CN1[C@H](C)CCC[C@@H]1C. The van der Waals surface area contributed by atoms with Crippen LogP contribution < -0.4 is 4.74 Å². The molecule has 0 aromatic heterocycles. The molecule has 0 unspecified atom stereocenters. The zero-order valence-corrected chi connectivity index (χ0v) is 12.8. The number of ether oxygens (including phenoxy) is 1. The Morgan fingerprint density at radius 3 is 2.55 bits per heavy atom. The minimum atomic E-state index is 0.162. The zero-order valence-electron chi connectivity index (χ0n) is 12.8. The summed E-state index contributed by atoms with van der Waals surface area (Å²) in [5.74, 6) is 0.868. The number of ketones is 1. The number of Topliss-reactive ketones (excluding diaryl/α,β-unsaturated/α-hetero) is 1. The molecule has 3 heteroatoms. The standard InChI is InChI=1S/C17H25NO2/c1-4-20-17-11-6-5-10-15(17)16(19)12-18-13(2)8-7-9-14(18)3/h5-6,10-11,13-14H,4,7-9,12H2,1-3H3/t13-,14+. The number of hydrogen-bond acceptors (Lipinski definition) is 3. The monoisotopic (exact) mass is 275 g/mol. The van der Waals surface area contributed by atoms with E-state index in [2.05, 4.69) is 18.7 Å². The average molecular weight is 275 g/mol. The van der Waals surface area contributed by atoms with Gasteiger partial charge < -0.3 is 4.74 Å². The Labute approximate surface area is 121 Å². The summed E-state index contributed by atoms with van der Waals surface area (Å²) in [6.45, 7) is 7.46. The molecule has 3 nitrogen and oxygen atoms in total. The molecular weight excluding hydrogens is 250 g/mol. The van der Waals surface area contributed by atoms with Crippen LogP contribution in [0.2, 0.25) is 0 Å². The summed E-state index contributed by atoms with van der Waals surface area (Å²) >= 11 is 0. The van der Waals surface area contributed by atoms with Gasteiger partial charge in [-0.2, -0.15) is 0 Å².